The fraction of sp³-hybridized carbons (Fsp3) is 0.348. The number of aromatic nitrogens is 2. The van der Waals surface area contributed by atoms with E-state index in [2.05, 4.69) is 10.3 Å². The molecular weight excluding hydrogens is 494 g/mol. The van der Waals surface area contributed by atoms with Crippen molar-refractivity contribution in [2.75, 3.05) is 23.3 Å². The van der Waals surface area contributed by atoms with Gasteiger partial charge in [-0.1, -0.05) is 0 Å². The van der Waals surface area contributed by atoms with Crippen LogP contribution in [0.4, 0.5) is 37.8 Å². The van der Waals surface area contributed by atoms with E-state index in [1.807, 2.05) is 0 Å². The number of rotatable bonds is 5. The molecule has 13 heteroatoms. The van der Waals surface area contributed by atoms with E-state index in [-0.39, 0.29) is 42.1 Å². The number of carboxylic acid groups (broad SMARTS) is 1. The first-order valence-electron chi connectivity index (χ1n) is 10.8. The molecule has 0 spiro atoms. The number of benzene rings is 1. The zero-order valence-electron chi connectivity index (χ0n) is 18.7. The lowest BCUT2D eigenvalue weighted by atomic mass is 10.0. The van der Waals surface area contributed by atoms with Crippen molar-refractivity contribution in [3.8, 4) is 0 Å². The first kappa shape index (κ1) is 25.3. The molecule has 1 fully saturated rings. The van der Waals surface area contributed by atoms with Crippen molar-refractivity contribution < 1.29 is 36.2 Å². The molecule has 0 saturated carbocycles. The van der Waals surface area contributed by atoms with Gasteiger partial charge in [-0.2, -0.15) is 13.2 Å². The second-order valence-electron chi connectivity index (χ2n) is 8.57. The minimum absolute atomic E-state index is 0.0823. The highest BCUT2D eigenvalue weighted by Crippen LogP contribution is 2.34. The summed E-state index contributed by atoms with van der Waals surface area (Å²) < 4.78 is 83.0. The fourth-order valence-corrected chi connectivity index (χ4v) is 4.14. The van der Waals surface area contributed by atoms with Crippen molar-refractivity contribution in [2.24, 2.45) is 0 Å². The van der Waals surface area contributed by atoms with Crippen LogP contribution in [0, 0.1) is 5.82 Å². The molecule has 0 radical (unpaired) electrons. The molecule has 4 rings (SSSR count). The predicted molar refractivity (Wildman–Crippen MR) is 118 cm³/mol. The number of nitrogens with one attached hydrogen (secondary N) is 1. The second-order valence-corrected chi connectivity index (χ2v) is 8.57. The Morgan fingerprint density at radius 3 is 2.58 bits per heavy atom. The topological polar surface area (TPSA) is 86.9 Å². The quantitative estimate of drug-likeness (QED) is 0.469. The molecule has 7 nitrogen and oxygen atoms in total. The normalized spacial score (nSPS) is 16.7. The summed E-state index contributed by atoms with van der Waals surface area (Å²) in [5, 5.41) is 12.1. The summed E-state index contributed by atoms with van der Waals surface area (Å²) in [6, 6.07) is 3.43. The number of hydrogen-bond donors (Lipinski definition) is 2. The van der Waals surface area contributed by atoms with E-state index >= 15 is 0 Å². The summed E-state index contributed by atoms with van der Waals surface area (Å²) in [5.41, 5.74) is -2.99. The highest BCUT2D eigenvalue weighted by atomic mass is 19.4. The number of hydrogen-bond acceptors (Lipinski definition) is 5. The molecule has 1 atom stereocenters. The Morgan fingerprint density at radius 2 is 1.94 bits per heavy atom. The average molecular weight is 514 g/mol. The monoisotopic (exact) mass is 514 g/mol. The van der Waals surface area contributed by atoms with Gasteiger partial charge in [0.05, 0.1) is 23.7 Å². The van der Waals surface area contributed by atoms with E-state index in [0.29, 0.717) is 10.6 Å². The van der Waals surface area contributed by atoms with E-state index in [4.69, 9.17) is 0 Å². The number of piperidine rings is 1. The summed E-state index contributed by atoms with van der Waals surface area (Å²) in [6.07, 6.45) is -4.47. The summed E-state index contributed by atoms with van der Waals surface area (Å²) in [6.45, 7) is 0.884. The van der Waals surface area contributed by atoms with Gasteiger partial charge in [0.25, 0.3) is 11.5 Å². The van der Waals surface area contributed by atoms with Gasteiger partial charge in [-0.05, 0) is 37.6 Å². The number of fused-ring (bicyclic) bond motifs is 1. The molecule has 1 aliphatic rings. The number of carbonyl (C=O) groups is 1. The molecule has 36 heavy (non-hydrogen) atoms. The minimum Gasteiger partial charge on any atom is -0.478 e. The van der Waals surface area contributed by atoms with Crippen molar-refractivity contribution in [3.05, 3.63) is 69.4 Å². The molecular formula is C23H20F6N4O3. The smallest absolute Gasteiger partial charge is 0.417 e. The number of alkyl halides is 5. The predicted octanol–water partition coefficient (Wildman–Crippen LogP) is 4.96. The van der Waals surface area contributed by atoms with Crippen LogP contribution in [0.25, 0.3) is 5.65 Å². The van der Waals surface area contributed by atoms with E-state index in [1.54, 1.807) is 0 Å². The van der Waals surface area contributed by atoms with Gasteiger partial charge in [0.1, 0.15) is 17.3 Å². The van der Waals surface area contributed by atoms with Crippen LogP contribution in [0.15, 0.2) is 41.3 Å². The van der Waals surface area contributed by atoms with Crippen molar-refractivity contribution >= 4 is 23.1 Å². The lowest BCUT2D eigenvalue weighted by molar-refractivity contribution is -0.137. The first-order chi connectivity index (χ1) is 16.7. The van der Waals surface area contributed by atoms with Crippen molar-refractivity contribution in [2.45, 2.75) is 37.9 Å². The maximum atomic E-state index is 14.0. The van der Waals surface area contributed by atoms with Crippen LogP contribution in [0.3, 0.4) is 0 Å². The number of nitrogens with zero attached hydrogens (tertiary/aromatic N) is 3. The van der Waals surface area contributed by atoms with Crippen molar-refractivity contribution in [1.29, 1.82) is 0 Å². The van der Waals surface area contributed by atoms with Gasteiger partial charge in [0.2, 0.25) is 0 Å². The average Bonchev–Trinajstić information content (AvgIpc) is 2.78. The molecule has 0 bridgehead atoms. The molecule has 3 heterocycles. The second kappa shape index (κ2) is 9.03. The van der Waals surface area contributed by atoms with Crippen molar-refractivity contribution in [3.63, 3.8) is 0 Å². The molecule has 3 aromatic rings. The minimum atomic E-state index is -4.84. The van der Waals surface area contributed by atoms with Gasteiger partial charge in [-0.15, -0.1) is 0 Å². The van der Waals surface area contributed by atoms with Crippen molar-refractivity contribution in [1.82, 2.24) is 9.38 Å². The van der Waals surface area contributed by atoms with Crippen LogP contribution >= 0.6 is 0 Å². The molecule has 1 unspecified atom stereocenters. The van der Waals surface area contributed by atoms with E-state index in [0.717, 1.165) is 30.3 Å². The van der Waals surface area contributed by atoms with Crippen LogP contribution in [0.5, 0.6) is 0 Å². The third-order valence-corrected chi connectivity index (χ3v) is 5.87. The van der Waals surface area contributed by atoms with Crippen LogP contribution in [0.2, 0.25) is 0 Å². The van der Waals surface area contributed by atoms with Gasteiger partial charge >= 0.3 is 12.1 Å². The SMILES string of the molecule is CC(Nc1ccc(F)cc1C(=O)O)c1cc(C(F)(F)F)cn2c(=O)cc(N3CCCC(F)(F)C3)nc12. The van der Waals surface area contributed by atoms with E-state index in [9.17, 15) is 41.0 Å². The summed E-state index contributed by atoms with van der Waals surface area (Å²) in [5.74, 6) is -5.42. The lowest BCUT2D eigenvalue weighted by Crippen LogP contribution is -2.43. The summed E-state index contributed by atoms with van der Waals surface area (Å²) >= 11 is 0. The molecule has 1 aliphatic heterocycles. The maximum absolute atomic E-state index is 14.0. The highest BCUT2D eigenvalue weighted by molar-refractivity contribution is 5.94. The largest absolute Gasteiger partial charge is 0.478 e. The van der Waals surface area contributed by atoms with Crippen LogP contribution in [-0.2, 0) is 6.18 Å². The Morgan fingerprint density at radius 1 is 1.22 bits per heavy atom. The summed E-state index contributed by atoms with van der Waals surface area (Å²) in [7, 11) is 0. The van der Waals surface area contributed by atoms with Crippen LogP contribution < -0.4 is 15.8 Å². The van der Waals surface area contributed by atoms with E-state index in [1.165, 1.54) is 11.8 Å². The Hall–Kier alpha value is -3.77. The standard InChI is InChI=1S/C23H20F6N4O3/c1-12(30-17-4-3-14(24)8-16(17)21(35)36)15-7-13(23(27,28)29)10-33-19(34)9-18(31-20(15)33)32-6-2-5-22(25,26)11-32/h3-4,7-10,12,30H,2,5-6,11H2,1H3,(H,35,36). The molecule has 1 aromatic carbocycles. The van der Waals surface area contributed by atoms with Gasteiger partial charge < -0.3 is 15.3 Å². The molecule has 0 aliphatic carbocycles. The zero-order chi connectivity index (χ0) is 26.4. The van der Waals surface area contributed by atoms with Gasteiger partial charge in [0.15, 0.2) is 0 Å². The van der Waals surface area contributed by atoms with E-state index < -0.39 is 53.2 Å². The summed E-state index contributed by atoms with van der Waals surface area (Å²) in [4.78, 5) is 29.8. The van der Waals surface area contributed by atoms with Gasteiger partial charge in [-0.25, -0.2) is 22.9 Å². The number of pyridine rings is 1. The lowest BCUT2D eigenvalue weighted by Gasteiger charge is -2.33. The molecule has 192 valence electrons. The number of anilines is 2. The molecule has 2 N–H and O–H groups in total. The molecule has 0 amide bonds. The van der Waals surface area contributed by atoms with Crippen LogP contribution in [0.1, 0.15) is 47.3 Å². The Balaban J connectivity index is 1.86. The Bertz CT molecular complexity index is 1390. The van der Waals surface area contributed by atoms with Crippen LogP contribution in [-0.4, -0.2) is 39.5 Å². The fourth-order valence-electron chi connectivity index (χ4n) is 4.14. The van der Waals surface area contributed by atoms with Gasteiger partial charge in [0, 0.05) is 36.5 Å². The number of aromatic carboxylic acids is 1. The van der Waals surface area contributed by atoms with Gasteiger partial charge in [-0.3, -0.25) is 9.20 Å². The third kappa shape index (κ3) is 5.09. The number of carboxylic acids is 1. The molecule has 1 saturated heterocycles. The maximum Gasteiger partial charge on any atom is 0.417 e. The Labute approximate surface area is 200 Å². The third-order valence-electron chi connectivity index (χ3n) is 5.87. The zero-order valence-corrected chi connectivity index (χ0v) is 18.7. The first-order valence-corrected chi connectivity index (χ1v) is 10.8. The Kier molecular flexibility index (Phi) is 6.35. The highest BCUT2D eigenvalue weighted by Gasteiger charge is 2.37. The number of halogens is 6. The molecule has 2 aromatic heterocycles.